The molecule has 0 aliphatic carbocycles. The van der Waals surface area contributed by atoms with Gasteiger partial charge in [0.2, 0.25) is 10.8 Å². The average molecular weight is 458 g/mol. The van der Waals surface area contributed by atoms with Crippen LogP contribution in [0.4, 0.5) is 0 Å². The van der Waals surface area contributed by atoms with Gasteiger partial charge in [0.1, 0.15) is 16.3 Å². The van der Waals surface area contributed by atoms with Crippen molar-refractivity contribution in [1.29, 1.82) is 0 Å². The largest absolute Gasteiger partial charge is 0.297 e. The molecule has 0 bridgehead atoms. The van der Waals surface area contributed by atoms with E-state index in [1.54, 1.807) is 0 Å². The number of aromatic nitrogens is 6. The molecule has 0 radical (unpaired) electrons. The lowest BCUT2D eigenvalue weighted by Crippen LogP contribution is -1.96. The van der Waals surface area contributed by atoms with Crippen molar-refractivity contribution in [2.45, 2.75) is 6.92 Å². The highest BCUT2D eigenvalue weighted by Crippen LogP contribution is 2.31. The van der Waals surface area contributed by atoms with Crippen molar-refractivity contribution in [3.63, 3.8) is 0 Å². The van der Waals surface area contributed by atoms with Gasteiger partial charge >= 0.3 is 0 Å². The Hall–Kier alpha value is -2.33. The number of aryl methyl sites for hydroxylation is 1. The van der Waals surface area contributed by atoms with Crippen LogP contribution in [0.1, 0.15) is 5.69 Å². The average Bonchev–Trinajstić information content (AvgIpc) is 3.27. The summed E-state index contributed by atoms with van der Waals surface area (Å²) >= 11 is 3.87. The second kappa shape index (κ2) is 5.60. The molecule has 25 heavy (non-hydrogen) atoms. The molecule has 1 aromatic carbocycles. The Morgan fingerprint density at radius 3 is 2.76 bits per heavy atom. The van der Waals surface area contributed by atoms with E-state index in [4.69, 9.17) is 5.10 Å². The zero-order chi connectivity index (χ0) is 17.0. The van der Waals surface area contributed by atoms with Crippen LogP contribution in [-0.2, 0) is 0 Å². The molecule has 5 aromatic rings. The highest BCUT2D eigenvalue weighted by Gasteiger charge is 2.20. The van der Waals surface area contributed by atoms with Crippen molar-refractivity contribution in [3.8, 4) is 22.1 Å². The third-order valence-corrected chi connectivity index (χ3v) is 5.88. The quantitative estimate of drug-likeness (QED) is 0.374. The smallest absolute Gasteiger partial charge is 0.235 e. The highest BCUT2D eigenvalue weighted by atomic mass is 127. The van der Waals surface area contributed by atoms with Crippen molar-refractivity contribution in [2.75, 3.05) is 0 Å². The minimum atomic E-state index is 0.708. The van der Waals surface area contributed by atoms with E-state index in [-0.39, 0.29) is 0 Å². The Morgan fingerprint density at radius 2 is 1.88 bits per heavy atom. The van der Waals surface area contributed by atoms with E-state index in [0.717, 1.165) is 36.1 Å². The van der Waals surface area contributed by atoms with E-state index in [2.05, 4.69) is 49.9 Å². The van der Waals surface area contributed by atoms with Gasteiger partial charge in [-0.05, 0) is 47.7 Å². The topological polar surface area (TPSA) is 60.4 Å². The molecule has 122 valence electrons. The standard InChI is InChI=1S/C17H11IN6S/c1-10-14(23-9-5-4-8-13(23)19-10)15-20-21-17-24(15)22-16(25-17)11-6-2-3-7-12(11)18/h2-9H,1H3. The van der Waals surface area contributed by atoms with Crippen molar-refractivity contribution in [3.05, 3.63) is 57.9 Å². The van der Waals surface area contributed by atoms with Crippen molar-refractivity contribution in [2.24, 2.45) is 0 Å². The number of nitrogens with zero attached hydrogens (tertiary/aromatic N) is 6. The first kappa shape index (κ1) is 15.0. The lowest BCUT2D eigenvalue weighted by Gasteiger charge is -2.00. The summed E-state index contributed by atoms with van der Waals surface area (Å²) in [5, 5.41) is 14.4. The molecule has 0 unspecified atom stereocenters. The summed E-state index contributed by atoms with van der Waals surface area (Å²) in [6.45, 7) is 1.98. The van der Waals surface area contributed by atoms with Gasteiger partial charge in [-0.15, -0.1) is 10.2 Å². The molecule has 0 atom stereocenters. The molecule has 4 heterocycles. The van der Waals surface area contributed by atoms with E-state index in [1.165, 1.54) is 11.3 Å². The van der Waals surface area contributed by atoms with Gasteiger partial charge in [-0.25, -0.2) is 4.98 Å². The first-order valence-corrected chi connectivity index (χ1v) is 9.53. The summed E-state index contributed by atoms with van der Waals surface area (Å²) in [5.41, 5.74) is 3.83. The van der Waals surface area contributed by atoms with Gasteiger partial charge in [0, 0.05) is 15.3 Å². The van der Waals surface area contributed by atoms with Crippen LogP contribution in [0.5, 0.6) is 0 Å². The fourth-order valence-corrected chi connectivity index (χ4v) is 4.60. The monoisotopic (exact) mass is 458 g/mol. The minimum Gasteiger partial charge on any atom is -0.297 e. The highest BCUT2D eigenvalue weighted by molar-refractivity contribution is 14.1. The number of hydrogen-bond donors (Lipinski definition) is 0. The fourth-order valence-electron chi connectivity index (χ4n) is 2.89. The van der Waals surface area contributed by atoms with E-state index in [1.807, 2.05) is 52.4 Å². The van der Waals surface area contributed by atoms with Crippen molar-refractivity contribution in [1.82, 2.24) is 29.2 Å². The number of fused-ring (bicyclic) bond motifs is 2. The summed E-state index contributed by atoms with van der Waals surface area (Å²) in [6, 6.07) is 14.1. The molecule has 0 saturated heterocycles. The van der Waals surface area contributed by atoms with Crippen LogP contribution in [0.3, 0.4) is 0 Å². The molecule has 0 aliphatic rings. The summed E-state index contributed by atoms with van der Waals surface area (Å²) in [7, 11) is 0. The van der Waals surface area contributed by atoms with Crippen LogP contribution in [0.15, 0.2) is 48.7 Å². The Balaban J connectivity index is 1.75. The second-order valence-corrected chi connectivity index (χ2v) is 7.70. The maximum Gasteiger partial charge on any atom is 0.235 e. The predicted octanol–water partition coefficient (Wildman–Crippen LogP) is 4.08. The number of rotatable bonds is 2. The van der Waals surface area contributed by atoms with Crippen LogP contribution >= 0.6 is 33.9 Å². The van der Waals surface area contributed by atoms with Crippen LogP contribution in [-0.4, -0.2) is 29.2 Å². The molecule has 4 aromatic heterocycles. The molecule has 0 amide bonds. The van der Waals surface area contributed by atoms with Crippen molar-refractivity contribution >= 4 is 44.5 Å². The Morgan fingerprint density at radius 1 is 1.04 bits per heavy atom. The Kier molecular flexibility index (Phi) is 3.35. The first-order valence-electron chi connectivity index (χ1n) is 7.63. The van der Waals surface area contributed by atoms with Gasteiger partial charge in [-0.2, -0.15) is 9.61 Å². The maximum atomic E-state index is 4.77. The minimum absolute atomic E-state index is 0.708. The maximum absolute atomic E-state index is 4.77. The molecule has 0 fully saturated rings. The fraction of sp³-hybridized carbons (Fsp3) is 0.0588. The van der Waals surface area contributed by atoms with Gasteiger partial charge in [0.05, 0.1) is 5.69 Å². The van der Waals surface area contributed by atoms with Crippen LogP contribution < -0.4 is 0 Å². The second-order valence-electron chi connectivity index (χ2n) is 5.58. The Labute approximate surface area is 160 Å². The van der Waals surface area contributed by atoms with E-state index in [9.17, 15) is 0 Å². The number of imidazole rings is 1. The third kappa shape index (κ3) is 2.28. The number of pyridine rings is 1. The predicted molar refractivity (Wildman–Crippen MR) is 106 cm³/mol. The lowest BCUT2D eigenvalue weighted by molar-refractivity contribution is 0.953. The van der Waals surface area contributed by atoms with Crippen LogP contribution in [0, 0.1) is 10.5 Å². The SMILES string of the molecule is Cc1nc2ccccn2c1-c1nnc2sc(-c3ccccc3I)nn12. The molecule has 5 rings (SSSR count). The van der Waals surface area contributed by atoms with E-state index >= 15 is 0 Å². The zero-order valence-electron chi connectivity index (χ0n) is 13.1. The number of benzene rings is 1. The molecular formula is C17H11IN6S. The molecule has 6 nitrogen and oxygen atoms in total. The summed E-state index contributed by atoms with van der Waals surface area (Å²) in [5.74, 6) is 0.708. The van der Waals surface area contributed by atoms with Crippen LogP contribution in [0.25, 0.3) is 32.7 Å². The molecule has 8 heteroatoms. The Bertz CT molecular complexity index is 1230. The summed E-state index contributed by atoms with van der Waals surface area (Å²) in [6.07, 6.45) is 1.99. The van der Waals surface area contributed by atoms with Crippen molar-refractivity contribution < 1.29 is 0 Å². The first-order chi connectivity index (χ1) is 12.2. The molecule has 0 saturated carbocycles. The van der Waals surface area contributed by atoms with Gasteiger partial charge in [-0.1, -0.05) is 35.6 Å². The van der Waals surface area contributed by atoms with Gasteiger partial charge in [-0.3, -0.25) is 4.40 Å². The number of halogens is 1. The van der Waals surface area contributed by atoms with Gasteiger partial charge < -0.3 is 0 Å². The number of hydrogen-bond acceptors (Lipinski definition) is 5. The molecule has 0 N–H and O–H groups in total. The van der Waals surface area contributed by atoms with E-state index in [0.29, 0.717) is 5.82 Å². The third-order valence-electron chi connectivity index (χ3n) is 4.01. The van der Waals surface area contributed by atoms with E-state index < -0.39 is 0 Å². The summed E-state index contributed by atoms with van der Waals surface area (Å²) in [4.78, 5) is 5.38. The normalized spacial score (nSPS) is 11.6. The van der Waals surface area contributed by atoms with Crippen LogP contribution in [0.2, 0.25) is 0 Å². The lowest BCUT2D eigenvalue weighted by atomic mass is 10.2. The van der Waals surface area contributed by atoms with Gasteiger partial charge in [0.25, 0.3) is 0 Å². The molecular weight excluding hydrogens is 447 g/mol. The zero-order valence-corrected chi connectivity index (χ0v) is 16.1. The molecule has 0 spiro atoms. The van der Waals surface area contributed by atoms with Gasteiger partial charge in [0.15, 0.2) is 0 Å². The molecule has 0 aliphatic heterocycles. The summed E-state index contributed by atoms with van der Waals surface area (Å²) < 4.78 is 5.00.